The molecule has 0 aromatic carbocycles. The maximum absolute atomic E-state index is 12.0. The van der Waals surface area contributed by atoms with Crippen molar-refractivity contribution in [1.29, 1.82) is 0 Å². The second-order valence-electron chi connectivity index (χ2n) is 4.16. The lowest BCUT2D eigenvalue weighted by Crippen LogP contribution is -2.10. The molecular weight excluding hydrogens is 200 g/mol. The Morgan fingerprint density at radius 1 is 1.31 bits per heavy atom. The Morgan fingerprint density at radius 3 is 2.69 bits per heavy atom. The predicted molar refractivity (Wildman–Crippen MR) is 66.1 cm³/mol. The van der Waals surface area contributed by atoms with Crippen LogP contribution in [0.5, 0.6) is 0 Å². The lowest BCUT2D eigenvalue weighted by Gasteiger charge is -2.07. The minimum atomic E-state index is 0.0244. The summed E-state index contributed by atoms with van der Waals surface area (Å²) in [6, 6.07) is 7.80. The van der Waals surface area contributed by atoms with Gasteiger partial charge < -0.3 is 9.72 Å². The average molecular weight is 216 g/mol. The quantitative estimate of drug-likeness (QED) is 0.800. The number of anilines is 1. The van der Waals surface area contributed by atoms with E-state index in [-0.39, 0.29) is 11.7 Å². The van der Waals surface area contributed by atoms with Gasteiger partial charge in [0.2, 0.25) is 0 Å². The van der Waals surface area contributed by atoms with Gasteiger partial charge in [-0.25, -0.2) is 0 Å². The number of rotatable bonds is 3. The SMILES string of the molecule is CNc1cccn2c(C(=O)C(C)C)ccc12. The van der Waals surface area contributed by atoms with Crippen LogP contribution in [0.25, 0.3) is 5.52 Å². The highest BCUT2D eigenvalue weighted by Crippen LogP contribution is 2.20. The minimum absolute atomic E-state index is 0.0244. The molecule has 0 amide bonds. The molecular formula is C13H16N2O. The molecule has 0 fully saturated rings. The number of ketones is 1. The molecule has 2 rings (SSSR count). The second-order valence-corrected chi connectivity index (χ2v) is 4.16. The Bertz CT molecular complexity index is 526. The van der Waals surface area contributed by atoms with E-state index >= 15 is 0 Å². The predicted octanol–water partition coefficient (Wildman–Crippen LogP) is 2.82. The molecule has 0 aliphatic rings. The van der Waals surface area contributed by atoms with Crippen molar-refractivity contribution in [2.75, 3.05) is 12.4 Å². The van der Waals surface area contributed by atoms with Gasteiger partial charge in [0.1, 0.15) is 0 Å². The van der Waals surface area contributed by atoms with Gasteiger partial charge >= 0.3 is 0 Å². The number of hydrogen-bond acceptors (Lipinski definition) is 2. The van der Waals surface area contributed by atoms with E-state index in [1.54, 1.807) is 0 Å². The molecule has 0 atom stereocenters. The molecule has 0 bridgehead atoms. The van der Waals surface area contributed by atoms with E-state index < -0.39 is 0 Å². The number of Topliss-reactive ketones (excluding diaryl/α,β-unsaturated/α-hetero) is 1. The number of nitrogens with one attached hydrogen (secondary N) is 1. The topological polar surface area (TPSA) is 33.5 Å². The first-order valence-corrected chi connectivity index (χ1v) is 5.47. The summed E-state index contributed by atoms with van der Waals surface area (Å²) in [6.07, 6.45) is 1.92. The van der Waals surface area contributed by atoms with Crippen molar-refractivity contribution in [2.24, 2.45) is 5.92 Å². The van der Waals surface area contributed by atoms with Crippen molar-refractivity contribution in [3.05, 3.63) is 36.2 Å². The Morgan fingerprint density at radius 2 is 2.06 bits per heavy atom. The fraction of sp³-hybridized carbons (Fsp3) is 0.308. The molecule has 2 heterocycles. The number of hydrogen-bond donors (Lipinski definition) is 1. The fourth-order valence-electron chi connectivity index (χ4n) is 1.85. The van der Waals surface area contributed by atoms with E-state index in [1.165, 1.54) is 0 Å². The van der Waals surface area contributed by atoms with Crippen molar-refractivity contribution >= 4 is 17.0 Å². The first-order valence-electron chi connectivity index (χ1n) is 5.47. The number of carbonyl (C=O) groups is 1. The van der Waals surface area contributed by atoms with Gasteiger partial charge in [-0.3, -0.25) is 4.79 Å². The molecule has 16 heavy (non-hydrogen) atoms. The highest BCUT2D eigenvalue weighted by molar-refractivity contribution is 5.98. The van der Waals surface area contributed by atoms with Crippen molar-refractivity contribution in [3.63, 3.8) is 0 Å². The normalized spacial score (nSPS) is 11.0. The second kappa shape index (κ2) is 4.00. The fourth-order valence-corrected chi connectivity index (χ4v) is 1.85. The Balaban J connectivity index is 2.62. The van der Waals surface area contributed by atoms with Crippen molar-refractivity contribution in [1.82, 2.24) is 4.40 Å². The number of aromatic nitrogens is 1. The summed E-state index contributed by atoms with van der Waals surface area (Å²) in [5.74, 6) is 0.199. The maximum atomic E-state index is 12.0. The summed E-state index contributed by atoms with van der Waals surface area (Å²) in [4.78, 5) is 12.0. The van der Waals surface area contributed by atoms with Crippen LogP contribution in [-0.2, 0) is 0 Å². The zero-order chi connectivity index (χ0) is 11.7. The van der Waals surface area contributed by atoms with Gasteiger partial charge in [-0.2, -0.15) is 0 Å². The number of carbonyl (C=O) groups excluding carboxylic acids is 1. The molecule has 0 saturated heterocycles. The van der Waals surface area contributed by atoms with Crippen LogP contribution < -0.4 is 5.32 Å². The summed E-state index contributed by atoms with van der Waals surface area (Å²) >= 11 is 0. The molecule has 0 aliphatic carbocycles. The minimum Gasteiger partial charge on any atom is -0.386 e. The monoisotopic (exact) mass is 216 g/mol. The van der Waals surface area contributed by atoms with Gasteiger partial charge in [-0.1, -0.05) is 13.8 Å². The number of nitrogens with zero attached hydrogens (tertiary/aromatic N) is 1. The lowest BCUT2D eigenvalue weighted by atomic mass is 10.1. The highest BCUT2D eigenvalue weighted by Gasteiger charge is 2.14. The van der Waals surface area contributed by atoms with Crippen molar-refractivity contribution in [2.45, 2.75) is 13.8 Å². The van der Waals surface area contributed by atoms with E-state index in [0.717, 1.165) is 16.9 Å². The Hall–Kier alpha value is -1.77. The van der Waals surface area contributed by atoms with Crippen molar-refractivity contribution < 1.29 is 4.79 Å². The van der Waals surface area contributed by atoms with E-state index in [0.29, 0.717) is 0 Å². The van der Waals surface area contributed by atoms with Crippen LogP contribution in [0, 0.1) is 5.92 Å². The van der Waals surface area contributed by atoms with Gasteiger partial charge in [0.15, 0.2) is 5.78 Å². The van der Waals surface area contributed by atoms with Gasteiger partial charge in [-0.05, 0) is 24.3 Å². The molecule has 0 unspecified atom stereocenters. The molecule has 0 radical (unpaired) electrons. The van der Waals surface area contributed by atoms with Gasteiger partial charge in [-0.15, -0.1) is 0 Å². The molecule has 2 aromatic heterocycles. The van der Waals surface area contributed by atoms with E-state index in [9.17, 15) is 4.79 Å². The number of pyridine rings is 1. The van der Waals surface area contributed by atoms with Gasteiger partial charge in [0, 0.05) is 19.2 Å². The first-order chi connectivity index (χ1) is 7.65. The zero-order valence-electron chi connectivity index (χ0n) is 9.82. The summed E-state index contributed by atoms with van der Waals surface area (Å²) in [6.45, 7) is 3.84. The third-order valence-corrected chi connectivity index (χ3v) is 2.74. The smallest absolute Gasteiger partial charge is 0.182 e. The summed E-state index contributed by atoms with van der Waals surface area (Å²) in [5.41, 5.74) is 2.82. The molecule has 0 aliphatic heterocycles. The van der Waals surface area contributed by atoms with Crippen LogP contribution in [0.2, 0.25) is 0 Å². The van der Waals surface area contributed by atoms with E-state index in [1.807, 2.05) is 55.8 Å². The maximum Gasteiger partial charge on any atom is 0.182 e. The van der Waals surface area contributed by atoms with Crippen LogP contribution in [0.3, 0.4) is 0 Å². The lowest BCUT2D eigenvalue weighted by molar-refractivity contribution is 0.0933. The van der Waals surface area contributed by atoms with Gasteiger partial charge in [0.05, 0.1) is 16.9 Å². The first kappa shape index (κ1) is 10.7. The Labute approximate surface area is 95.1 Å². The largest absolute Gasteiger partial charge is 0.386 e. The average Bonchev–Trinajstić information content (AvgIpc) is 2.71. The summed E-state index contributed by atoms with van der Waals surface area (Å²) in [5, 5.41) is 3.12. The molecule has 0 spiro atoms. The molecule has 0 saturated carbocycles. The van der Waals surface area contributed by atoms with Crippen LogP contribution in [-0.4, -0.2) is 17.2 Å². The summed E-state index contributed by atoms with van der Waals surface area (Å²) in [7, 11) is 1.88. The third kappa shape index (κ3) is 1.58. The number of fused-ring (bicyclic) bond motifs is 1. The summed E-state index contributed by atoms with van der Waals surface area (Å²) < 4.78 is 1.94. The molecule has 2 aromatic rings. The van der Waals surface area contributed by atoms with Crippen LogP contribution in [0.1, 0.15) is 24.3 Å². The van der Waals surface area contributed by atoms with Gasteiger partial charge in [0.25, 0.3) is 0 Å². The van der Waals surface area contributed by atoms with Crippen LogP contribution in [0.15, 0.2) is 30.5 Å². The van der Waals surface area contributed by atoms with E-state index in [2.05, 4.69) is 5.32 Å². The zero-order valence-corrected chi connectivity index (χ0v) is 9.82. The Kier molecular flexibility index (Phi) is 2.69. The molecule has 3 nitrogen and oxygen atoms in total. The highest BCUT2D eigenvalue weighted by atomic mass is 16.1. The molecule has 84 valence electrons. The van der Waals surface area contributed by atoms with Crippen LogP contribution in [0.4, 0.5) is 5.69 Å². The van der Waals surface area contributed by atoms with E-state index in [4.69, 9.17) is 0 Å². The molecule has 1 N–H and O–H groups in total. The standard InChI is InChI=1S/C13H16N2O/c1-9(2)13(16)12-7-6-11-10(14-3)5-4-8-15(11)12/h4-9,14H,1-3H3. The van der Waals surface area contributed by atoms with Crippen LogP contribution >= 0.6 is 0 Å². The third-order valence-electron chi connectivity index (χ3n) is 2.74. The molecule has 3 heteroatoms. The van der Waals surface area contributed by atoms with Crippen molar-refractivity contribution in [3.8, 4) is 0 Å².